The van der Waals surface area contributed by atoms with Crippen molar-refractivity contribution >= 4 is 16.7 Å². The van der Waals surface area contributed by atoms with Crippen molar-refractivity contribution < 1.29 is 4.74 Å². The second-order valence-corrected chi connectivity index (χ2v) is 8.74. The van der Waals surface area contributed by atoms with Crippen LogP contribution in [-0.4, -0.2) is 56.3 Å². The number of nitrogens with zero attached hydrogens (tertiary/aromatic N) is 5. The van der Waals surface area contributed by atoms with Gasteiger partial charge in [-0.1, -0.05) is 0 Å². The Hall–Kier alpha value is -3.13. The summed E-state index contributed by atoms with van der Waals surface area (Å²) in [5, 5.41) is 4.26. The van der Waals surface area contributed by atoms with Crippen molar-refractivity contribution in [3.63, 3.8) is 0 Å². The molecule has 3 aromatic heterocycles. The topological polar surface area (TPSA) is 80.5 Å². The molecule has 3 heterocycles. The number of aromatic nitrogens is 5. The third-order valence-corrected chi connectivity index (χ3v) is 6.70. The van der Waals surface area contributed by atoms with E-state index in [1.165, 1.54) is 6.33 Å². The first-order valence-electron chi connectivity index (χ1n) is 10.8. The molecule has 4 aromatic rings. The van der Waals surface area contributed by atoms with Gasteiger partial charge in [-0.05, 0) is 76.0 Å². The van der Waals surface area contributed by atoms with Gasteiger partial charge in [0.2, 0.25) is 0 Å². The smallest absolute Gasteiger partial charge is 0.326 e. The molecule has 0 saturated heterocycles. The number of aryl methyl sites for hydroxylation is 1. The van der Waals surface area contributed by atoms with Crippen LogP contribution < -0.4 is 10.4 Å². The van der Waals surface area contributed by atoms with Crippen LogP contribution in [-0.2, 0) is 0 Å². The first-order valence-corrected chi connectivity index (χ1v) is 10.8. The van der Waals surface area contributed by atoms with E-state index in [9.17, 15) is 4.79 Å². The minimum absolute atomic E-state index is 0.0239. The Morgan fingerprint density at radius 3 is 2.65 bits per heavy atom. The van der Waals surface area contributed by atoms with Crippen LogP contribution in [0.2, 0.25) is 0 Å². The molecular weight excluding hydrogens is 392 g/mol. The first kappa shape index (κ1) is 19.8. The standard InChI is InChI=1S/C23H28N6O2/c1-14-9-20-19(26-23(30)29(20)17-7-5-16(6-8-17)27(2)3)11-18(14)15-10-21(31-4)22-24-13-25-28(22)12-15/h9-13,16-17H,5-8H2,1-4H3,(H,26,30)/t16-,17+. The van der Waals surface area contributed by atoms with Gasteiger partial charge >= 0.3 is 5.69 Å². The maximum absolute atomic E-state index is 12.9. The van der Waals surface area contributed by atoms with Gasteiger partial charge in [0.05, 0.1) is 18.1 Å². The fraction of sp³-hybridized carbons (Fsp3) is 0.435. The van der Waals surface area contributed by atoms with Crippen molar-refractivity contribution in [3.05, 3.63) is 46.8 Å². The van der Waals surface area contributed by atoms with E-state index in [4.69, 9.17) is 4.74 Å². The molecule has 0 amide bonds. The molecule has 5 rings (SSSR count). The normalized spacial score (nSPS) is 19.5. The van der Waals surface area contributed by atoms with E-state index in [2.05, 4.69) is 53.1 Å². The number of imidazole rings is 1. The van der Waals surface area contributed by atoms with Gasteiger partial charge < -0.3 is 14.6 Å². The highest BCUT2D eigenvalue weighted by molar-refractivity contribution is 5.85. The summed E-state index contributed by atoms with van der Waals surface area (Å²) >= 11 is 0. The van der Waals surface area contributed by atoms with Crippen molar-refractivity contribution in [2.75, 3.05) is 21.2 Å². The van der Waals surface area contributed by atoms with Crippen molar-refractivity contribution in [3.8, 4) is 16.9 Å². The Kier molecular flexibility index (Phi) is 4.81. The van der Waals surface area contributed by atoms with Gasteiger partial charge in [0, 0.05) is 23.8 Å². The minimum atomic E-state index is -0.0239. The van der Waals surface area contributed by atoms with Gasteiger partial charge in [-0.25, -0.2) is 14.3 Å². The summed E-state index contributed by atoms with van der Waals surface area (Å²) < 4.78 is 9.20. The number of ether oxygens (including phenoxy) is 1. The molecule has 8 heteroatoms. The molecule has 0 unspecified atom stereocenters. The quantitative estimate of drug-likeness (QED) is 0.547. The Bertz CT molecular complexity index is 1310. The van der Waals surface area contributed by atoms with Crippen molar-refractivity contribution in [2.24, 2.45) is 0 Å². The van der Waals surface area contributed by atoms with E-state index in [1.807, 2.05) is 16.8 Å². The van der Waals surface area contributed by atoms with Crippen molar-refractivity contribution in [2.45, 2.75) is 44.7 Å². The van der Waals surface area contributed by atoms with Crippen LogP contribution in [0.25, 0.3) is 27.8 Å². The Morgan fingerprint density at radius 2 is 1.94 bits per heavy atom. The second kappa shape index (κ2) is 7.53. The number of methoxy groups -OCH3 is 1. The zero-order valence-electron chi connectivity index (χ0n) is 18.4. The molecule has 0 bridgehead atoms. The van der Waals surface area contributed by atoms with Gasteiger partial charge in [-0.3, -0.25) is 4.57 Å². The van der Waals surface area contributed by atoms with Crippen LogP contribution >= 0.6 is 0 Å². The number of nitrogens with one attached hydrogen (secondary N) is 1. The average molecular weight is 421 g/mol. The highest BCUT2D eigenvalue weighted by Gasteiger charge is 2.26. The van der Waals surface area contributed by atoms with Crippen LogP contribution in [0.5, 0.6) is 5.75 Å². The van der Waals surface area contributed by atoms with E-state index in [1.54, 1.807) is 11.6 Å². The predicted molar refractivity (Wildman–Crippen MR) is 121 cm³/mol. The Balaban J connectivity index is 1.57. The van der Waals surface area contributed by atoms with Gasteiger partial charge in [0.1, 0.15) is 6.33 Å². The van der Waals surface area contributed by atoms with E-state index in [0.717, 1.165) is 53.4 Å². The van der Waals surface area contributed by atoms with Gasteiger partial charge in [-0.2, -0.15) is 5.10 Å². The largest absolute Gasteiger partial charge is 0.493 e. The summed E-state index contributed by atoms with van der Waals surface area (Å²) in [5.41, 5.74) is 5.60. The zero-order valence-corrected chi connectivity index (χ0v) is 18.4. The summed E-state index contributed by atoms with van der Waals surface area (Å²) in [6.45, 7) is 2.08. The monoisotopic (exact) mass is 420 g/mol. The number of benzene rings is 1. The number of fused-ring (bicyclic) bond motifs is 2. The predicted octanol–water partition coefficient (Wildman–Crippen LogP) is 3.40. The first-order chi connectivity index (χ1) is 15.0. The Labute approximate surface area is 180 Å². The van der Waals surface area contributed by atoms with E-state index < -0.39 is 0 Å². The lowest BCUT2D eigenvalue weighted by Gasteiger charge is -2.33. The molecule has 1 N–H and O–H groups in total. The summed E-state index contributed by atoms with van der Waals surface area (Å²) in [6, 6.07) is 7.00. The molecule has 31 heavy (non-hydrogen) atoms. The summed E-state index contributed by atoms with van der Waals surface area (Å²) in [7, 11) is 5.91. The van der Waals surface area contributed by atoms with Crippen LogP contribution in [0, 0.1) is 6.92 Å². The summed E-state index contributed by atoms with van der Waals surface area (Å²) in [6.07, 6.45) is 7.74. The maximum atomic E-state index is 12.9. The van der Waals surface area contributed by atoms with E-state index in [0.29, 0.717) is 17.4 Å². The molecule has 8 nitrogen and oxygen atoms in total. The Morgan fingerprint density at radius 1 is 1.16 bits per heavy atom. The molecule has 0 radical (unpaired) electrons. The van der Waals surface area contributed by atoms with Crippen molar-refractivity contribution in [1.29, 1.82) is 0 Å². The second-order valence-electron chi connectivity index (χ2n) is 8.74. The fourth-order valence-corrected chi connectivity index (χ4v) is 4.98. The molecule has 1 aliphatic carbocycles. The fourth-order valence-electron chi connectivity index (χ4n) is 4.98. The number of rotatable bonds is 4. The number of pyridine rings is 1. The van der Waals surface area contributed by atoms with E-state index in [-0.39, 0.29) is 11.7 Å². The van der Waals surface area contributed by atoms with Crippen LogP contribution in [0.1, 0.15) is 37.3 Å². The molecule has 1 fully saturated rings. The van der Waals surface area contributed by atoms with Crippen molar-refractivity contribution in [1.82, 2.24) is 29.0 Å². The number of hydrogen-bond acceptors (Lipinski definition) is 5. The highest BCUT2D eigenvalue weighted by atomic mass is 16.5. The van der Waals surface area contributed by atoms with E-state index >= 15 is 0 Å². The average Bonchev–Trinajstić information content (AvgIpc) is 3.35. The lowest BCUT2D eigenvalue weighted by molar-refractivity contribution is 0.195. The van der Waals surface area contributed by atoms with Crippen LogP contribution in [0.3, 0.4) is 0 Å². The van der Waals surface area contributed by atoms with Gasteiger partial charge in [-0.15, -0.1) is 0 Å². The highest BCUT2D eigenvalue weighted by Crippen LogP contribution is 2.34. The molecule has 0 atom stereocenters. The molecule has 162 valence electrons. The van der Waals surface area contributed by atoms with Gasteiger partial charge in [0.15, 0.2) is 11.4 Å². The molecule has 0 aliphatic heterocycles. The SMILES string of the molecule is COc1cc(-c2cc3[nH]c(=O)n([C@H]4CC[C@@H](N(C)C)CC4)c3cc2C)cn2ncnc12. The lowest BCUT2D eigenvalue weighted by Crippen LogP contribution is -2.34. The molecule has 0 spiro atoms. The van der Waals surface area contributed by atoms with Gasteiger partial charge in [0.25, 0.3) is 0 Å². The zero-order chi connectivity index (χ0) is 21.7. The number of H-pyrrole nitrogens is 1. The summed E-state index contributed by atoms with van der Waals surface area (Å²) in [5.74, 6) is 0.665. The van der Waals surface area contributed by atoms with Crippen LogP contribution in [0.15, 0.2) is 35.5 Å². The maximum Gasteiger partial charge on any atom is 0.326 e. The third-order valence-electron chi connectivity index (χ3n) is 6.70. The molecule has 1 aliphatic rings. The molecular formula is C23H28N6O2. The molecule has 1 aromatic carbocycles. The van der Waals surface area contributed by atoms with Crippen LogP contribution in [0.4, 0.5) is 0 Å². The number of aromatic amines is 1. The number of hydrogen-bond donors (Lipinski definition) is 1. The molecule has 1 saturated carbocycles. The minimum Gasteiger partial charge on any atom is -0.493 e. The lowest BCUT2D eigenvalue weighted by atomic mass is 9.90. The summed E-state index contributed by atoms with van der Waals surface area (Å²) in [4.78, 5) is 22.5. The third kappa shape index (κ3) is 3.31.